The van der Waals surface area contributed by atoms with Crippen LogP contribution in [0.1, 0.15) is 0 Å². The molecule has 2 aromatic carbocycles. The number of aryl methyl sites for hydroxylation is 1. The third-order valence-corrected chi connectivity index (χ3v) is 6.02. The predicted molar refractivity (Wildman–Crippen MR) is 119 cm³/mol. The fourth-order valence-corrected chi connectivity index (χ4v) is 4.10. The molecule has 2 aromatic heterocycles. The van der Waals surface area contributed by atoms with Crippen LogP contribution in [0, 0.1) is 0 Å². The number of benzene rings is 2. The number of anilines is 4. The van der Waals surface area contributed by atoms with Crippen molar-refractivity contribution in [2.24, 2.45) is 7.05 Å². The van der Waals surface area contributed by atoms with Crippen LogP contribution in [-0.2, 0) is 7.05 Å². The van der Waals surface area contributed by atoms with E-state index in [0.717, 1.165) is 22.3 Å². The fraction of sp³-hybridized carbons (Fsp3) is 0.150. The lowest BCUT2D eigenvalue weighted by Gasteiger charge is -2.15. The van der Waals surface area contributed by atoms with Crippen LogP contribution < -0.4 is 15.9 Å². The number of nitrogens with one attached hydrogen (secondary N) is 2. The molecule has 0 aliphatic rings. The number of para-hydroxylation sites is 1. The minimum Gasteiger partial charge on any atom is -0.338 e. The second kappa shape index (κ2) is 7.74. The van der Waals surface area contributed by atoms with Crippen LogP contribution in [0.15, 0.2) is 54.9 Å². The van der Waals surface area contributed by atoms with E-state index in [0.29, 0.717) is 16.8 Å². The van der Waals surface area contributed by atoms with Crippen LogP contribution in [0.2, 0.25) is 5.02 Å². The molecule has 0 bridgehead atoms. The zero-order valence-electron chi connectivity index (χ0n) is 15.8. The maximum atomic E-state index is 6.34. The first-order valence-corrected chi connectivity index (χ1v) is 11.4. The highest BCUT2D eigenvalue weighted by atomic mass is 35.5. The zero-order valence-corrected chi connectivity index (χ0v) is 17.5. The summed E-state index contributed by atoms with van der Waals surface area (Å²) in [5, 5.41) is 13.7. The Hall–Kier alpha value is -2.69. The van der Waals surface area contributed by atoms with Gasteiger partial charge in [0.05, 0.1) is 17.9 Å². The molecule has 0 unspecified atom stereocenters. The van der Waals surface area contributed by atoms with Gasteiger partial charge >= 0.3 is 0 Å². The monoisotopic (exact) mass is 410 g/mol. The van der Waals surface area contributed by atoms with E-state index in [1.165, 1.54) is 5.30 Å². The molecule has 0 spiro atoms. The van der Waals surface area contributed by atoms with Gasteiger partial charge in [-0.3, -0.25) is 4.68 Å². The van der Waals surface area contributed by atoms with Crippen molar-refractivity contribution in [2.75, 3.05) is 24.0 Å². The van der Waals surface area contributed by atoms with Gasteiger partial charge in [-0.15, -0.1) is 0 Å². The second-order valence-electron chi connectivity index (χ2n) is 6.59. The molecule has 4 aromatic rings. The van der Waals surface area contributed by atoms with Crippen LogP contribution in [-0.4, -0.2) is 33.1 Å². The van der Waals surface area contributed by atoms with Crippen molar-refractivity contribution in [1.29, 1.82) is 0 Å². The number of halogens is 1. The van der Waals surface area contributed by atoms with Gasteiger partial charge in [-0.2, -0.15) is 10.1 Å². The van der Waals surface area contributed by atoms with E-state index in [1.54, 1.807) is 6.20 Å². The largest absolute Gasteiger partial charge is 0.338 e. The topological polar surface area (TPSA) is 67.7 Å². The number of hydrogen-bond donors (Lipinski definition) is 2. The lowest BCUT2D eigenvalue weighted by atomic mass is 10.2. The van der Waals surface area contributed by atoms with E-state index in [1.807, 2.05) is 54.3 Å². The van der Waals surface area contributed by atoms with Gasteiger partial charge in [-0.05, 0) is 42.9 Å². The Kier molecular flexibility index (Phi) is 5.16. The Morgan fingerprint density at radius 3 is 2.68 bits per heavy atom. The van der Waals surface area contributed by atoms with Crippen LogP contribution in [0.25, 0.3) is 10.9 Å². The van der Waals surface area contributed by atoms with Crippen molar-refractivity contribution in [3.63, 3.8) is 0 Å². The summed E-state index contributed by atoms with van der Waals surface area (Å²) in [5.74, 6) is 1.05. The van der Waals surface area contributed by atoms with E-state index < -0.39 is 0 Å². The maximum Gasteiger partial charge on any atom is 0.229 e. The number of aromatic nitrogens is 4. The summed E-state index contributed by atoms with van der Waals surface area (Å²) in [6, 6.07) is 14.2. The Morgan fingerprint density at radius 2 is 1.86 bits per heavy atom. The summed E-state index contributed by atoms with van der Waals surface area (Å²) >= 11 is 6.34. The number of fused-ring (bicyclic) bond motifs is 1. The Bertz CT molecular complexity index is 1140. The van der Waals surface area contributed by atoms with Crippen molar-refractivity contribution in [1.82, 2.24) is 19.7 Å². The van der Waals surface area contributed by atoms with Gasteiger partial charge in [0.1, 0.15) is 5.02 Å². The van der Waals surface area contributed by atoms with Crippen molar-refractivity contribution < 1.29 is 0 Å². The minimum atomic E-state index is -0.258. The highest BCUT2D eigenvalue weighted by molar-refractivity contribution is 7.64. The van der Waals surface area contributed by atoms with Crippen molar-refractivity contribution in [2.45, 2.75) is 0 Å². The number of rotatable bonds is 5. The van der Waals surface area contributed by atoms with Gasteiger partial charge in [0.25, 0.3) is 0 Å². The summed E-state index contributed by atoms with van der Waals surface area (Å²) in [5.41, 5.74) is 2.93. The second-order valence-corrected chi connectivity index (χ2v) is 9.27. The summed E-state index contributed by atoms with van der Waals surface area (Å²) < 4.78 is 1.83. The fourth-order valence-electron chi connectivity index (χ4n) is 2.96. The van der Waals surface area contributed by atoms with Crippen LogP contribution >= 0.6 is 19.5 Å². The van der Waals surface area contributed by atoms with E-state index in [2.05, 4.69) is 45.1 Å². The normalized spacial score (nSPS) is 11.2. The molecule has 28 heavy (non-hydrogen) atoms. The molecule has 0 saturated heterocycles. The molecule has 0 fully saturated rings. The van der Waals surface area contributed by atoms with E-state index in [4.69, 9.17) is 11.6 Å². The van der Waals surface area contributed by atoms with Crippen LogP contribution in [0.5, 0.6) is 0 Å². The Labute approximate surface area is 169 Å². The molecule has 0 aliphatic carbocycles. The Morgan fingerprint density at radius 1 is 1.04 bits per heavy atom. The molecule has 0 saturated carbocycles. The van der Waals surface area contributed by atoms with Crippen LogP contribution in [0.3, 0.4) is 0 Å². The number of nitrogens with zero attached hydrogens (tertiary/aromatic N) is 4. The SMILES string of the molecule is Cn1ncc2ccc(Nc3ncc(Cl)c(Nc4ccccc4P(C)C)n3)cc21. The molecule has 0 amide bonds. The van der Waals surface area contributed by atoms with Gasteiger partial charge in [0, 0.05) is 23.8 Å². The number of hydrogen-bond acceptors (Lipinski definition) is 5. The summed E-state index contributed by atoms with van der Waals surface area (Å²) in [4.78, 5) is 8.88. The van der Waals surface area contributed by atoms with Gasteiger partial charge in [0.15, 0.2) is 5.82 Å². The average molecular weight is 411 g/mol. The van der Waals surface area contributed by atoms with Crippen molar-refractivity contribution in [3.05, 3.63) is 59.9 Å². The third-order valence-electron chi connectivity index (χ3n) is 4.39. The van der Waals surface area contributed by atoms with Crippen molar-refractivity contribution in [3.8, 4) is 0 Å². The van der Waals surface area contributed by atoms with E-state index >= 15 is 0 Å². The smallest absolute Gasteiger partial charge is 0.229 e. The standard InChI is InChI=1S/C20H20ClN6P/c1-27-17-10-14(9-8-13(17)11-23-27)24-20-22-12-15(21)19(26-20)25-16-6-4-5-7-18(16)28(2)3/h4-12H,1-3H3,(H2,22,24,25,26). The summed E-state index contributed by atoms with van der Waals surface area (Å²) in [6.45, 7) is 4.44. The molecular weight excluding hydrogens is 391 g/mol. The average Bonchev–Trinajstić information content (AvgIpc) is 3.05. The first kappa shape index (κ1) is 18.7. The minimum absolute atomic E-state index is 0.258. The molecule has 0 aliphatic heterocycles. The molecule has 2 heterocycles. The molecule has 0 atom stereocenters. The highest BCUT2D eigenvalue weighted by Gasteiger charge is 2.11. The quantitative estimate of drug-likeness (QED) is 0.459. The van der Waals surface area contributed by atoms with Gasteiger partial charge < -0.3 is 10.6 Å². The predicted octanol–water partition coefficient (Wildman–Crippen LogP) is 4.87. The molecule has 6 nitrogen and oxygen atoms in total. The molecule has 2 N–H and O–H groups in total. The maximum absolute atomic E-state index is 6.34. The van der Waals surface area contributed by atoms with E-state index in [-0.39, 0.29) is 7.92 Å². The van der Waals surface area contributed by atoms with Gasteiger partial charge in [0.2, 0.25) is 5.95 Å². The lowest BCUT2D eigenvalue weighted by molar-refractivity contribution is 0.797. The van der Waals surface area contributed by atoms with E-state index in [9.17, 15) is 0 Å². The lowest BCUT2D eigenvalue weighted by Crippen LogP contribution is -2.09. The van der Waals surface area contributed by atoms with Gasteiger partial charge in [-0.1, -0.05) is 37.7 Å². The Balaban J connectivity index is 1.62. The summed E-state index contributed by atoms with van der Waals surface area (Å²) in [7, 11) is 1.66. The molecule has 0 radical (unpaired) electrons. The highest BCUT2D eigenvalue weighted by Crippen LogP contribution is 2.31. The van der Waals surface area contributed by atoms with Crippen molar-refractivity contribution >= 4 is 58.9 Å². The molecule has 8 heteroatoms. The van der Waals surface area contributed by atoms with Gasteiger partial charge in [-0.25, -0.2) is 4.98 Å². The first-order valence-electron chi connectivity index (χ1n) is 8.76. The molecule has 142 valence electrons. The third kappa shape index (κ3) is 3.79. The first-order chi connectivity index (χ1) is 13.5. The summed E-state index contributed by atoms with van der Waals surface area (Å²) in [6.07, 6.45) is 3.44. The molecular formula is C20H20ClN6P. The van der Waals surface area contributed by atoms with Crippen LogP contribution in [0.4, 0.5) is 23.1 Å². The zero-order chi connectivity index (χ0) is 19.7. The molecule has 4 rings (SSSR count).